The van der Waals surface area contributed by atoms with Crippen LogP contribution in [0.2, 0.25) is 0 Å². The van der Waals surface area contributed by atoms with Crippen molar-refractivity contribution in [3.05, 3.63) is 75.1 Å². The third-order valence-electron chi connectivity index (χ3n) is 4.96. The van der Waals surface area contributed by atoms with Crippen molar-refractivity contribution < 1.29 is 23.9 Å². The van der Waals surface area contributed by atoms with Gasteiger partial charge in [-0.15, -0.1) is 0 Å². The zero-order valence-corrected chi connectivity index (χ0v) is 17.2. The third kappa shape index (κ3) is 3.86. The molecule has 0 bridgehead atoms. The molecule has 30 heavy (non-hydrogen) atoms. The second-order valence-electron chi connectivity index (χ2n) is 6.64. The molecule has 0 saturated carbocycles. The van der Waals surface area contributed by atoms with Gasteiger partial charge in [-0.1, -0.05) is 30.3 Å². The molecule has 2 amide bonds. The Balaban J connectivity index is 2.08. The lowest BCUT2D eigenvalue weighted by Gasteiger charge is -2.32. The van der Waals surface area contributed by atoms with Crippen molar-refractivity contribution in [2.24, 2.45) is 0 Å². The smallest absolute Gasteiger partial charge is 0.323 e. The van der Waals surface area contributed by atoms with Gasteiger partial charge in [-0.25, -0.2) is 4.79 Å². The van der Waals surface area contributed by atoms with Crippen molar-refractivity contribution in [2.75, 3.05) is 21.3 Å². The van der Waals surface area contributed by atoms with Gasteiger partial charge in [0.1, 0.15) is 6.04 Å². The number of benzene rings is 2. The molecule has 158 valence electrons. The number of amides is 2. The molecule has 2 aromatic carbocycles. The van der Waals surface area contributed by atoms with Crippen molar-refractivity contribution in [1.82, 2.24) is 10.2 Å². The van der Waals surface area contributed by atoms with E-state index in [0.29, 0.717) is 22.8 Å². The minimum atomic E-state index is -0.978. The monoisotopic (exact) mass is 413 g/mol. The first kappa shape index (κ1) is 21.0. The van der Waals surface area contributed by atoms with Crippen LogP contribution in [0.3, 0.4) is 0 Å². The van der Waals surface area contributed by atoms with E-state index >= 15 is 0 Å². The largest absolute Gasteiger partial charge is 0.493 e. The lowest BCUT2D eigenvalue weighted by Crippen LogP contribution is -2.47. The SMILES string of the molecule is COc1cc(C2NC(=O)N(Cc3ccccc3)C(C)=C2[N+](=O)[O-])cc(OC)c1OC. The van der Waals surface area contributed by atoms with Crippen LogP contribution in [0.4, 0.5) is 4.79 Å². The Morgan fingerprint density at radius 3 is 2.17 bits per heavy atom. The van der Waals surface area contributed by atoms with Crippen LogP contribution in [0, 0.1) is 10.1 Å². The Hall–Kier alpha value is -3.75. The van der Waals surface area contributed by atoms with Gasteiger partial charge in [-0.2, -0.15) is 0 Å². The van der Waals surface area contributed by atoms with E-state index in [9.17, 15) is 14.9 Å². The maximum absolute atomic E-state index is 12.9. The van der Waals surface area contributed by atoms with E-state index in [1.807, 2.05) is 30.3 Å². The zero-order valence-electron chi connectivity index (χ0n) is 17.2. The first-order chi connectivity index (χ1) is 14.4. The molecule has 1 atom stereocenters. The van der Waals surface area contributed by atoms with Gasteiger partial charge in [0.25, 0.3) is 5.70 Å². The third-order valence-corrected chi connectivity index (χ3v) is 4.96. The van der Waals surface area contributed by atoms with Crippen molar-refractivity contribution in [3.63, 3.8) is 0 Å². The number of hydrogen-bond donors (Lipinski definition) is 1. The molecular weight excluding hydrogens is 390 g/mol. The van der Waals surface area contributed by atoms with Crippen LogP contribution in [-0.2, 0) is 6.54 Å². The molecule has 0 fully saturated rings. The summed E-state index contributed by atoms with van der Waals surface area (Å²) in [5.41, 5.74) is 1.45. The molecule has 1 aliphatic rings. The minimum absolute atomic E-state index is 0.125. The predicted octanol–water partition coefficient (Wildman–Crippen LogP) is 3.49. The Labute approximate surface area is 174 Å². The molecular formula is C21H23N3O6. The number of nitrogens with one attached hydrogen (secondary N) is 1. The van der Waals surface area contributed by atoms with E-state index < -0.39 is 17.0 Å². The van der Waals surface area contributed by atoms with Crippen molar-refractivity contribution in [1.29, 1.82) is 0 Å². The topological polar surface area (TPSA) is 103 Å². The fourth-order valence-corrected chi connectivity index (χ4v) is 3.47. The number of nitro groups is 1. The molecule has 0 aromatic heterocycles. The van der Waals surface area contributed by atoms with Crippen LogP contribution in [0.15, 0.2) is 53.9 Å². The van der Waals surface area contributed by atoms with E-state index in [0.717, 1.165) is 5.56 Å². The maximum Gasteiger partial charge on any atom is 0.323 e. The fraction of sp³-hybridized carbons (Fsp3) is 0.286. The molecule has 2 aromatic rings. The summed E-state index contributed by atoms with van der Waals surface area (Å²) < 4.78 is 16.0. The molecule has 0 saturated heterocycles. The molecule has 1 heterocycles. The number of carbonyl (C=O) groups is 1. The van der Waals surface area contributed by atoms with Crippen LogP contribution >= 0.6 is 0 Å². The summed E-state index contributed by atoms with van der Waals surface area (Å²) >= 11 is 0. The van der Waals surface area contributed by atoms with E-state index in [1.54, 1.807) is 19.1 Å². The molecule has 0 aliphatic carbocycles. The Morgan fingerprint density at radius 1 is 1.07 bits per heavy atom. The van der Waals surface area contributed by atoms with Gasteiger partial charge in [0.15, 0.2) is 11.5 Å². The van der Waals surface area contributed by atoms with Crippen LogP contribution in [0.5, 0.6) is 17.2 Å². The zero-order chi connectivity index (χ0) is 21.8. The summed E-state index contributed by atoms with van der Waals surface area (Å²) in [5, 5.41) is 14.7. The highest BCUT2D eigenvalue weighted by Gasteiger charge is 2.40. The average molecular weight is 413 g/mol. The van der Waals surface area contributed by atoms with Gasteiger partial charge in [-0.05, 0) is 30.2 Å². The second kappa shape index (κ2) is 8.73. The summed E-state index contributed by atoms with van der Waals surface area (Å²) in [6.07, 6.45) is 0. The number of ether oxygens (including phenoxy) is 3. The van der Waals surface area contributed by atoms with Crippen molar-refractivity contribution in [3.8, 4) is 17.2 Å². The van der Waals surface area contributed by atoms with Gasteiger partial charge in [-0.3, -0.25) is 15.0 Å². The minimum Gasteiger partial charge on any atom is -0.493 e. The Bertz CT molecular complexity index is 964. The van der Waals surface area contributed by atoms with E-state index in [2.05, 4.69) is 5.32 Å². The normalized spacial score (nSPS) is 16.2. The number of rotatable bonds is 7. The van der Waals surface area contributed by atoms with E-state index in [4.69, 9.17) is 14.2 Å². The second-order valence-corrected chi connectivity index (χ2v) is 6.64. The van der Waals surface area contributed by atoms with Gasteiger partial charge in [0, 0.05) is 0 Å². The lowest BCUT2D eigenvalue weighted by atomic mass is 9.99. The number of methoxy groups -OCH3 is 3. The lowest BCUT2D eigenvalue weighted by molar-refractivity contribution is -0.433. The molecule has 1 N–H and O–H groups in total. The van der Waals surface area contributed by atoms with Crippen LogP contribution in [0.25, 0.3) is 0 Å². The number of carbonyl (C=O) groups excluding carboxylic acids is 1. The Morgan fingerprint density at radius 2 is 1.67 bits per heavy atom. The highest BCUT2D eigenvalue weighted by molar-refractivity contribution is 5.79. The molecule has 1 unspecified atom stereocenters. The van der Waals surface area contributed by atoms with Gasteiger partial charge < -0.3 is 19.5 Å². The first-order valence-corrected chi connectivity index (χ1v) is 9.18. The quantitative estimate of drug-likeness (QED) is 0.551. The van der Waals surface area contributed by atoms with Crippen LogP contribution < -0.4 is 19.5 Å². The van der Waals surface area contributed by atoms with E-state index in [1.165, 1.54) is 26.2 Å². The summed E-state index contributed by atoms with van der Waals surface area (Å²) in [5.74, 6) is 1.04. The molecule has 0 spiro atoms. The molecule has 1 aliphatic heterocycles. The molecule has 9 heteroatoms. The summed E-state index contributed by atoms with van der Waals surface area (Å²) in [6.45, 7) is 1.79. The number of nitrogens with zero attached hydrogens (tertiary/aromatic N) is 2. The van der Waals surface area contributed by atoms with Crippen molar-refractivity contribution >= 4 is 6.03 Å². The number of urea groups is 1. The van der Waals surface area contributed by atoms with Crippen LogP contribution in [0.1, 0.15) is 24.1 Å². The van der Waals surface area contributed by atoms with Crippen molar-refractivity contribution in [2.45, 2.75) is 19.5 Å². The summed E-state index contributed by atoms with van der Waals surface area (Å²) in [7, 11) is 4.38. The molecule has 9 nitrogen and oxygen atoms in total. The maximum atomic E-state index is 12.9. The first-order valence-electron chi connectivity index (χ1n) is 9.18. The predicted molar refractivity (Wildman–Crippen MR) is 109 cm³/mol. The summed E-state index contributed by atoms with van der Waals surface area (Å²) in [6, 6.07) is 11.1. The highest BCUT2D eigenvalue weighted by atomic mass is 16.6. The van der Waals surface area contributed by atoms with Crippen LogP contribution in [-0.4, -0.2) is 37.2 Å². The number of allylic oxidation sites excluding steroid dienone is 1. The van der Waals surface area contributed by atoms with Gasteiger partial charge in [0.2, 0.25) is 5.75 Å². The molecule has 0 radical (unpaired) electrons. The summed E-state index contributed by atoms with van der Waals surface area (Å²) in [4.78, 5) is 25.7. The highest BCUT2D eigenvalue weighted by Crippen LogP contribution is 2.42. The molecule has 3 rings (SSSR count). The number of hydrogen-bond acceptors (Lipinski definition) is 6. The average Bonchev–Trinajstić information content (AvgIpc) is 2.75. The standard InChI is InChI=1S/C21H23N3O6/c1-13-19(24(26)27)18(15-10-16(28-2)20(30-4)17(11-15)29-3)22-21(25)23(13)12-14-8-6-5-7-9-14/h5-11,18H,12H2,1-4H3,(H,22,25). The van der Waals surface area contributed by atoms with E-state index in [-0.39, 0.29) is 17.9 Å². The fourth-order valence-electron chi connectivity index (χ4n) is 3.47. The Kier molecular flexibility index (Phi) is 6.10. The van der Waals surface area contributed by atoms with Gasteiger partial charge in [0.05, 0.1) is 38.5 Å². The van der Waals surface area contributed by atoms with Gasteiger partial charge >= 0.3 is 6.03 Å².